The highest BCUT2D eigenvalue weighted by molar-refractivity contribution is 9.10. The molecule has 11 nitrogen and oxygen atoms in total. The van der Waals surface area contributed by atoms with Crippen LogP contribution in [0.3, 0.4) is 0 Å². The van der Waals surface area contributed by atoms with Gasteiger partial charge in [-0.25, -0.2) is 15.0 Å². The van der Waals surface area contributed by atoms with E-state index in [1.807, 2.05) is 52.0 Å². The molecule has 6 rings (SSSR count). The Bertz CT molecular complexity index is 1880. The van der Waals surface area contributed by atoms with Gasteiger partial charge in [0.05, 0.1) is 5.52 Å². The molecule has 1 N–H and O–H groups in total. The van der Waals surface area contributed by atoms with E-state index in [4.69, 9.17) is 0 Å². The standard InChI is InChI=1S/C32H33BrN8O3/c1-16-7-8-26(33)37-30(16)38-31(44)24-11-32(19(4)34-6)12-25(32)41(24)27(43)15-40-29-17(2)9-21(22-13-35-20(5)36-14-22)10-23(29)28(39-40)18(3)42/h7-10,13-14,24-25H,11-12,15H2,1-6H3,(H,37,38,44)/t24-,25?,32-/m0/s1. The van der Waals surface area contributed by atoms with Gasteiger partial charge < -0.3 is 10.2 Å². The lowest BCUT2D eigenvalue weighted by atomic mass is 9.94. The number of piperidine rings is 1. The number of benzene rings is 1. The Morgan fingerprint density at radius 3 is 2.45 bits per heavy atom. The topological polar surface area (TPSA) is 135 Å². The summed E-state index contributed by atoms with van der Waals surface area (Å²) in [5.74, 6) is 0.371. The molecule has 1 aromatic carbocycles. The van der Waals surface area contributed by atoms with Gasteiger partial charge in [0.1, 0.15) is 34.5 Å². The number of aliphatic imine (C=N–C) groups is 1. The number of rotatable bonds is 7. The molecular formula is C32H33BrN8O3. The summed E-state index contributed by atoms with van der Waals surface area (Å²) in [6.07, 6.45) is 4.72. The first-order valence-corrected chi connectivity index (χ1v) is 15.2. The Morgan fingerprint density at radius 2 is 1.77 bits per heavy atom. The quantitative estimate of drug-likeness (QED) is 0.170. The van der Waals surface area contributed by atoms with E-state index in [-0.39, 0.29) is 41.3 Å². The number of Topliss-reactive ketones (excluding diaryl/α,β-unsaturated/α-hetero) is 1. The Hall–Kier alpha value is -4.32. The molecule has 2 aliphatic rings. The number of carbonyl (C=O) groups excluding carboxylic acids is 3. The van der Waals surface area contributed by atoms with Crippen LogP contribution in [0.2, 0.25) is 0 Å². The van der Waals surface area contributed by atoms with Crippen LogP contribution in [0.1, 0.15) is 54.1 Å². The monoisotopic (exact) mass is 656 g/mol. The second-order valence-electron chi connectivity index (χ2n) is 11.8. The number of hydrogen-bond donors (Lipinski definition) is 1. The third kappa shape index (κ3) is 5.00. The van der Waals surface area contributed by atoms with Crippen molar-refractivity contribution in [1.82, 2.24) is 29.6 Å². The first-order valence-electron chi connectivity index (χ1n) is 14.4. The predicted molar refractivity (Wildman–Crippen MR) is 171 cm³/mol. The van der Waals surface area contributed by atoms with Crippen LogP contribution in [0.5, 0.6) is 0 Å². The molecule has 1 saturated carbocycles. The number of aromatic nitrogens is 5. The van der Waals surface area contributed by atoms with Crippen molar-refractivity contribution in [2.24, 2.45) is 10.4 Å². The number of likely N-dealkylation sites (tertiary alicyclic amines) is 1. The van der Waals surface area contributed by atoms with Crippen molar-refractivity contribution in [3.8, 4) is 11.1 Å². The molecule has 0 spiro atoms. The maximum absolute atomic E-state index is 14.2. The number of ketones is 1. The zero-order valence-electron chi connectivity index (χ0n) is 25.5. The number of pyridine rings is 1. The third-order valence-electron chi connectivity index (χ3n) is 8.98. The minimum atomic E-state index is -0.707. The van der Waals surface area contributed by atoms with Gasteiger partial charge in [0.15, 0.2) is 5.78 Å². The van der Waals surface area contributed by atoms with E-state index in [1.54, 1.807) is 29.0 Å². The van der Waals surface area contributed by atoms with Crippen LogP contribution < -0.4 is 5.32 Å². The van der Waals surface area contributed by atoms with Crippen molar-refractivity contribution in [3.63, 3.8) is 0 Å². The minimum absolute atomic E-state index is 0.121. The number of anilines is 1. The second-order valence-corrected chi connectivity index (χ2v) is 12.6. The second kappa shape index (κ2) is 11.0. The van der Waals surface area contributed by atoms with Crippen molar-refractivity contribution in [2.45, 2.75) is 66.1 Å². The fourth-order valence-electron chi connectivity index (χ4n) is 6.51. The SMILES string of the molecule is CN=C(C)[C@]12CC1N(C(=O)Cn1nc(C(C)=O)c3cc(-c4cnc(C)nc4)cc(C)c31)[C@H](C(=O)Nc1nc(Br)ccc1C)C2. The largest absolute Gasteiger partial charge is 0.325 e. The molecule has 226 valence electrons. The van der Waals surface area contributed by atoms with Gasteiger partial charge in [-0.1, -0.05) is 6.07 Å². The highest BCUT2D eigenvalue weighted by atomic mass is 79.9. The number of fused-ring (bicyclic) bond motifs is 2. The molecule has 12 heteroatoms. The van der Waals surface area contributed by atoms with Crippen molar-refractivity contribution in [1.29, 1.82) is 0 Å². The Morgan fingerprint density at radius 1 is 1.05 bits per heavy atom. The lowest BCUT2D eigenvalue weighted by molar-refractivity contribution is -0.138. The highest BCUT2D eigenvalue weighted by Crippen LogP contribution is 2.60. The van der Waals surface area contributed by atoms with Gasteiger partial charge in [0, 0.05) is 54.5 Å². The summed E-state index contributed by atoms with van der Waals surface area (Å²) in [6.45, 7) is 8.93. The van der Waals surface area contributed by atoms with Crippen LogP contribution in [0, 0.1) is 26.2 Å². The molecule has 4 heterocycles. The molecule has 1 unspecified atom stereocenters. The molecule has 3 aromatic heterocycles. The summed E-state index contributed by atoms with van der Waals surface area (Å²) in [6, 6.07) is 6.70. The molecule has 0 bridgehead atoms. The maximum atomic E-state index is 14.2. The van der Waals surface area contributed by atoms with E-state index in [9.17, 15) is 14.4 Å². The number of hydrogen-bond acceptors (Lipinski definition) is 8. The van der Waals surface area contributed by atoms with Gasteiger partial charge >= 0.3 is 0 Å². The smallest absolute Gasteiger partial charge is 0.248 e. The van der Waals surface area contributed by atoms with Crippen LogP contribution in [-0.2, 0) is 16.1 Å². The number of carbonyl (C=O) groups is 3. The van der Waals surface area contributed by atoms with Gasteiger partial charge in [0.2, 0.25) is 11.8 Å². The average molecular weight is 658 g/mol. The van der Waals surface area contributed by atoms with Crippen molar-refractivity contribution < 1.29 is 14.4 Å². The van der Waals surface area contributed by atoms with Crippen LogP contribution in [-0.4, -0.2) is 72.1 Å². The van der Waals surface area contributed by atoms with E-state index in [0.29, 0.717) is 33.6 Å². The number of aryl methyl sites for hydroxylation is 3. The molecule has 1 aliphatic heterocycles. The highest BCUT2D eigenvalue weighted by Gasteiger charge is 2.68. The lowest BCUT2D eigenvalue weighted by Gasteiger charge is -2.27. The summed E-state index contributed by atoms with van der Waals surface area (Å²) >= 11 is 3.37. The van der Waals surface area contributed by atoms with Crippen molar-refractivity contribution in [3.05, 3.63) is 63.9 Å². The number of nitrogens with one attached hydrogen (secondary N) is 1. The van der Waals surface area contributed by atoms with Crippen LogP contribution >= 0.6 is 15.9 Å². The van der Waals surface area contributed by atoms with Crippen LogP contribution in [0.25, 0.3) is 22.0 Å². The van der Waals surface area contributed by atoms with E-state index in [0.717, 1.165) is 34.4 Å². The molecule has 1 saturated heterocycles. The molecule has 2 amide bonds. The summed E-state index contributed by atoms with van der Waals surface area (Å²) in [7, 11) is 1.74. The third-order valence-corrected chi connectivity index (χ3v) is 9.42. The normalized spacial score (nSPS) is 21.0. The number of halogens is 1. The lowest BCUT2D eigenvalue weighted by Crippen LogP contribution is -2.47. The first kappa shape index (κ1) is 29.7. The molecule has 1 aliphatic carbocycles. The summed E-state index contributed by atoms with van der Waals surface area (Å²) < 4.78 is 2.20. The molecule has 44 heavy (non-hydrogen) atoms. The van der Waals surface area contributed by atoms with Crippen molar-refractivity contribution >= 4 is 56.0 Å². The average Bonchev–Trinajstić information content (AvgIpc) is 3.42. The van der Waals surface area contributed by atoms with Gasteiger partial charge in [-0.2, -0.15) is 5.10 Å². The molecule has 2 fully saturated rings. The zero-order chi connectivity index (χ0) is 31.5. The Balaban J connectivity index is 1.35. The molecular weight excluding hydrogens is 624 g/mol. The van der Waals surface area contributed by atoms with Crippen LogP contribution in [0.15, 0.2) is 46.3 Å². The van der Waals surface area contributed by atoms with Crippen molar-refractivity contribution in [2.75, 3.05) is 12.4 Å². The van der Waals surface area contributed by atoms with E-state index < -0.39 is 6.04 Å². The molecule has 4 aromatic rings. The fourth-order valence-corrected chi connectivity index (χ4v) is 6.82. The van der Waals surface area contributed by atoms with E-state index in [2.05, 4.69) is 46.3 Å². The summed E-state index contributed by atoms with van der Waals surface area (Å²) in [5, 5.41) is 8.23. The number of nitrogens with zero attached hydrogens (tertiary/aromatic N) is 7. The van der Waals surface area contributed by atoms with E-state index in [1.165, 1.54) is 6.92 Å². The van der Waals surface area contributed by atoms with Gasteiger partial charge in [-0.05, 0) is 91.4 Å². The molecule has 3 atom stereocenters. The van der Waals surface area contributed by atoms with Gasteiger partial charge in [0.25, 0.3) is 0 Å². The Kier molecular flexibility index (Phi) is 7.43. The summed E-state index contributed by atoms with van der Waals surface area (Å²) in [5.41, 5.74) is 4.92. The first-order chi connectivity index (χ1) is 20.9. The predicted octanol–water partition coefficient (Wildman–Crippen LogP) is 4.87. The summed E-state index contributed by atoms with van der Waals surface area (Å²) in [4.78, 5) is 59.8. The van der Waals surface area contributed by atoms with Crippen LogP contribution in [0.4, 0.5) is 5.82 Å². The van der Waals surface area contributed by atoms with E-state index >= 15 is 0 Å². The molecule has 0 radical (unpaired) electrons. The minimum Gasteiger partial charge on any atom is -0.325 e. The Labute approximate surface area is 263 Å². The fraction of sp³-hybridized carbons (Fsp3) is 0.375. The zero-order valence-corrected chi connectivity index (χ0v) is 27.1. The van der Waals surface area contributed by atoms with Gasteiger partial charge in [-0.3, -0.25) is 24.1 Å². The van der Waals surface area contributed by atoms with Gasteiger partial charge in [-0.15, -0.1) is 0 Å². The maximum Gasteiger partial charge on any atom is 0.248 e. The number of amides is 2.